The Kier molecular flexibility index (Phi) is 8.36. The van der Waals surface area contributed by atoms with E-state index in [-0.39, 0.29) is 18.9 Å². The molecule has 31 heavy (non-hydrogen) atoms. The van der Waals surface area contributed by atoms with E-state index in [0.29, 0.717) is 29.3 Å². The summed E-state index contributed by atoms with van der Waals surface area (Å²) in [6, 6.07) is 14.6. The first-order valence-corrected chi connectivity index (χ1v) is 12.1. The lowest BCUT2D eigenvalue weighted by Crippen LogP contribution is -2.40. The second-order valence-electron chi connectivity index (χ2n) is 6.44. The summed E-state index contributed by atoms with van der Waals surface area (Å²) in [5, 5.41) is 11.7. The number of imide groups is 1. The Hall–Kier alpha value is -2.98. The summed E-state index contributed by atoms with van der Waals surface area (Å²) in [6.45, 7) is 0.0350. The zero-order chi connectivity index (χ0) is 22.1. The molecule has 1 aliphatic rings. The highest BCUT2D eigenvalue weighted by atomic mass is 33.1. The largest absolute Gasteiger partial charge is 0.333 e. The number of anilines is 2. The molecule has 0 atom stereocenters. The van der Waals surface area contributed by atoms with E-state index in [9.17, 15) is 19.7 Å². The number of carbonyl (C=O) groups is 2. The Morgan fingerprint density at radius 2 is 1.55 bits per heavy atom. The molecule has 0 saturated heterocycles. The average molecular weight is 460 g/mol. The normalized spacial score (nSPS) is 11.8. The highest BCUT2D eigenvalue weighted by Crippen LogP contribution is 2.36. The van der Waals surface area contributed by atoms with Crippen LogP contribution in [0, 0.1) is 10.1 Å². The van der Waals surface area contributed by atoms with E-state index in [1.54, 1.807) is 0 Å². The first-order chi connectivity index (χ1) is 15.1. The quantitative estimate of drug-likeness (QED) is 0.246. The molecule has 0 spiro atoms. The van der Waals surface area contributed by atoms with Gasteiger partial charge in [-0.15, -0.1) is 10.1 Å². The van der Waals surface area contributed by atoms with Gasteiger partial charge in [0.05, 0.1) is 11.4 Å². The van der Waals surface area contributed by atoms with Gasteiger partial charge in [-0.3, -0.25) is 15.0 Å². The number of nitrogens with one attached hydrogen (secondary N) is 1. The number of urea groups is 1. The van der Waals surface area contributed by atoms with Gasteiger partial charge in [-0.2, -0.15) is 0 Å². The van der Waals surface area contributed by atoms with Crippen molar-refractivity contribution in [2.45, 2.75) is 12.8 Å². The van der Waals surface area contributed by atoms with Crippen LogP contribution in [-0.4, -0.2) is 35.1 Å². The maximum Gasteiger partial charge on any atom is 0.333 e. The van der Waals surface area contributed by atoms with Gasteiger partial charge in [-0.05, 0) is 29.7 Å². The van der Waals surface area contributed by atoms with Crippen LogP contribution in [0.3, 0.4) is 0 Å². The van der Waals surface area contributed by atoms with Gasteiger partial charge < -0.3 is 4.84 Å². The number of rotatable bonds is 9. The standard InChI is InChI=1S/C21H21N3O5S2/c25-20(10-5-14-30-31-15-13-29-24(27)28)22-21(26)23-18-8-3-1-6-16(18)11-12-17-7-2-4-9-19(17)23/h1-4,6-9,11-12H,5,10,13-15H2,(H,22,25,26). The van der Waals surface area contributed by atoms with Gasteiger partial charge >= 0.3 is 6.03 Å². The van der Waals surface area contributed by atoms with Gasteiger partial charge in [-0.1, -0.05) is 70.1 Å². The minimum atomic E-state index is -0.816. The molecular formula is C21H21N3O5S2. The van der Waals surface area contributed by atoms with Crippen molar-refractivity contribution < 1.29 is 19.5 Å². The number of para-hydroxylation sites is 2. The maximum absolute atomic E-state index is 13.0. The molecule has 0 fully saturated rings. The van der Waals surface area contributed by atoms with Crippen molar-refractivity contribution >= 4 is 57.1 Å². The molecule has 3 amide bonds. The van der Waals surface area contributed by atoms with Crippen molar-refractivity contribution in [3.8, 4) is 0 Å². The summed E-state index contributed by atoms with van der Waals surface area (Å²) in [7, 11) is 2.95. The molecule has 0 saturated carbocycles. The van der Waals surface area contributed by atoms with Gasteiger partial charge in [-0.25, -0.2) is 4.79 Å². The molecular weight excluding hydrogens is 438 g/mol. The summed E-state index contributed by atoms with van der Waals surface area (Å²) < 4.78 is 0. The highest BCUT2D eigenvalue weighted by Gasteiger charge is 2.24. The highest BCUT2D eigenvalue weighted by molar-refractivity contribution is 8.76. The van der Waals surface area contributed by atoms with Crippen LogP contribution in [0.25, 0.3) is 12.2 Å². The van der Waals surface area contributed by atoms with Crippen LogP contribution in [0.2, 0.25) is 0 Å². The summed E-state index contributed by atoms with van der Waals surface area (Å²) in [5.41, 5.74) is 3.18. The SMILES string of the molecule is O=C(CCCSSCCO[N+](=O)[O-])NC(=O)N1c2ccccc2C=Cc2ccccc21. The fraction of sp³-hybridized carbons (Fsp3) is 0.238. The molecule has 8 nitrogen and oxygen atoms in total. The molecule has 1 aliphatic heterocycles. The van der Waals surface area contributed by atoms with E-state index in [2.05, 4.69) is 10.2 Å². The van der Waals surface area contributed by atoms with Crippen LogP contribution in [0.4, 0.5) is 16.2 Å². The maximum atomic E-state index is 13.0. The van der Waals surface area contributed by atoms with E-state index in [1.807, 2.05) is 60.7 Å². The summed E-state index contributed by atoms with van der Waals surface area (Å²) >= 11 is 0. The second kappa shape index (κ2) is 11.4. The Balaban J connectivity index is 1.54. The number of nitrogens with zero attached hydrogens (tertiary/aromatic N) is 2. The lowest BCUT2D eigenvalue weighted by Gasteiger charge is -2.24. The topological polar surface area (TPSA) is 102 Å². The Bertz CT molecular complexity index is 933. The second-order valence-corrected chi connectivity index (χ2v) is 9.15. The monoisotopic (exact) mass is 459 g/mol. The molecule has 2 aromatic carbocycles. The van der Waals surface area contributed by atoms with Crippen LogP contribution in [-0.2, 0) is 9.63 Å². The van der Waals surface area contributed by atoms with Crippen molar-refractivity contribution in [3.05, 3.63) is 69.8 Å². The first kappa shape index (κ1) is 22.7. The zero-order valence-corrected chi connectivity index (χ0v) is 18.2. The van der Waals surface area contributed by atoms with Crippen LogP contribution >= 0.6 is 21.6 Å². The third kappa shape index (κ3) is 6.50. The van der Waals surface area contributed by atoms with Gasteiger partial charge in [0, 0.05) is 17.9 Å². The van der Waals surface area contributed by atoms with Crippen LogP contribution in [0.1, 0.15) is 24.0 Å². The Morgan fingerprint density at radius 3 is 2.16 bits per heavy atom. The number of benzene rings is 2. The van der Waals surface area contributed by atoms with Crippen LogP contribution in [0.15, 0.2) is 48.5 Å². The summed E-state index contributed by atoms with van der Waals surface area (Å²) in [4.78, 5) is 41.2. The predicted octanol–water partition coefficient (Wildman–Crippen LogP) is 4.91. The fourth-order valence-electron chi connectivity index (χ4n) is 2.99. The summed E-state index contributed by atoms with van der Waals surface area (Å²) in [5.74, 6) is 0.821. The van der Waals surface area contributed by atoms with E-state index < -0.39 is 11.1 Å². The van der Waals surface area contributed by atoms with E-state index in [4.69, 9.17) is 0 Å². The molecule has 0 aromatic heterocycles. The predicted molar refractivity (Wildman–Crippen MR) is 125 cm³/mol. The number of amides is 3. The molecule has 1 heterocycles. The van der Waals surface area contributed by atoms with E-state index in [1.165, 1.54) is 26.5 Å². The molecule has 162 valence electrons. The van der Waals surface area contributed by atoms with Gasteiger partial charge in [0.25, 0.3) is 5.09 Å². The molecule has 3 rings (SSSR count). The molecule has 0 radical (unpaired) electrons. The molecule has 0 aliphatic carbocycles. The Morgan fingerprint density at radius 1 is 0.968 bits per heavy atom. The number of fused-ring (bicyclic) bond motifs is 2. The molecule has 0 bridgehead atoms. The molecule has 10 heteroatoms. The minimum absolute atomic E-state index is 0.0350. The summed E-state index contributed by atoms with van der Waals surface area (Å²) in [6.07, 6.45) is 4.70. The third-order valence-electron chi connectivity index (χ3n) is 4.33. The van der Waals surface area contributed by atoms with Crippen LogP contribution < -0.4 is 10.2 Å². The van der Waals surface area contributed by atoms with Crippen molar-refractivity contribution in [1.82, 2.24) is 5.32 Å². The van der Waals surface area contributed by atoms with Crippen molar-refractivity contribution in [1.29, 1.82) is 0 Å². The lowest BCUT2D eigenvalue weighted by molar-refractivity contribution is -0.756. The molecule has 1 N–H and O–H groups in total. The first-order valence-electron chi connectivity index (χ1n) is 9.58. The third-order valence-corrected chi connectivity index (χ3v) is 6.78. The number of hydrogen-bond donors (Lipinski definition) is 1. The minimum Gasteiger partial charge on any atom is -0.313 e. The lowest BCUT2D eigenvalue weighted by atomic mass is 10.1. The van der Waals surface area contributed by atoms with E-state index >= 15 is 0 Å². The van der Waals surface area contributed by atoms with Gasteiger partial charge in [0.15, 0.2) is 0 Å². The number of hydrogen-bond acceptors (Lipinski definition) is 7. The molecule has 2 aromatic rings. The van der Waals surface area contributed by atoms with Crippen molar-refractivity contribution in [3.63, 3.8) is 0 Å². The fourth-order valence-corrected chi connectivity index (χ4v) is 4.89. The smallest absolute Gasteiger partial charge is 0.313 e. The van der Waals surface area contributed by atoms with Gasteiger partial charge in [0.2, 0.25) is 5.91 Å². The van der Waals surface area contributed by atoms with Crippen LogP contribution in [0.5, 0.6) is 0 Å². The van der Waals surface area contributed by atoms with Crippen molar-refractivity contribution in [2.24, 2.45) is 0 Å². The zero-order valence-electron chi connectivity index (χ0n) is 16.6. The van der Waals surface area contributed by atoms with E-state index in [0.717, 1.165) is 11.1 Å². The van der Waals surface area contributed by atoms with Gasteiger partial charge in [0.1, 0.15) is 6.61 Å². The van der Waals surface area contributed by atoms with Crippen molar-refractivity contribution in [2.75, 3.05) is 23.0 Å². The number of carbonyl (C=O) groups excluding carboxylic acids is 2. The average Bonchev–Trinajstić information content (AvgIpc) is 2.92. The Labute approximate surface area is 187 Å². The molecule has 0 unspecified atom stereocenters.